The summed E-state index contributed by atoms with van der Waals surface area (Å²) in [5.41, 5.74) is 3.01. The molecule has 3 fully saturated rings. The van der Waals surface area contributed by atoms with Gasteiger partial charge in [-0.1, -0.05) is 18.8 Å². The third-order valence-electron chi connectivity index (χ3n) is 8.33. The van der Waals surface area contributed by atoms with E-state index in [1.165, 1.54) is 12.4 Å². The fourth-order valence-electron chi connectivity index (χ4n) is 5.39. The molecule has 0 atom stereocenters. The first kappa shape index (κ1) is 27.7. The van der Waals surface area contributed by atoms with Crippen molar-refractivity contribution in [2.75, 3.05) is 43.9 Å². The van der Waals surface area contributed by atoms with Crippen LogP contribution in [0.4, 0.5) is 17.3 Å². The summed E-state index contributed by atoms with van der Waals surface area (Å²) in [4.78, 5) is 18.4. The minimum absolute atomic E-state index is 0.128. The maximum atomic E-state index is 12.5. The Kier molecular flexibility index (Phi) is 7.02. The fourth-order valence-corrected chi connectivity index (χ4v) is 6.86. The van der Waals surface area contributed by atoms with Gasteiger partial charge in [-0.15, -0.1) is 0 Å². The number of hydrogen-bond acceptors (Lipinski definition) is 9. The van der Waals surface area contributed by atoms with Gasteiger partial charge in [0.1, 0.15) is 11.6 Å². The van der Waals surface area contributed by atoms with E-state index < -0.39 is 10.0 Å². The third-order valence-corrected chi connectivity index (χ3v) is 10.4. The van der Waals surface area contributed by atoms with E-state index in [4.69, 9.17) is 0 Å². The molecule has 3 aromatic heterocycles. The van der Waals surface area contributed by atoms with Crippen LogP contribution in [0.25, 0.3) is 11.4 Å². The van der Waals surface area contributed by atoms with Crippen LogP contribution in [-0.4, -0.2) is 76.4 Å². The minimum atomic E-state index is -3.45. The average Bonchev–Trinajstić information content (AvgIpc) is 3.86. The molecule has 0 radical (unpaired) electrons. The summed E-state index contributed by atoms with van der Waals surface area (Å²) in [6, 6.07) is 3.83. The molecular weight excluding hydrogens is 536 g/mol. The SMILES string of the molecule is CN(C)CC1(C)CCN(c2cc(Nc3ccnc(-c4cnn(S(=O)(=O)C5CC5)c4)n3)ncc2C#CC2(C)CC2)CC1. The molecule has 3 aromatic rings. The lowest BCUT2D eigenvalue weighted by Crippen LogP contribution is -2.43. The van der Waals surface area contributed by atoms with Crippen molar-refractivity contribution in [1.29, 1.82) is 0 Å². The smallest absolute Gasteiger partial charge is 0.256 e. The molecular formula is C30H38N8O2S. The van der Waals surface area contributed by atoms with Gasteiger partial charge in [0.05, 0.1) is 34.5 Å². The van der Waals surface area contributed by atoms with E-state index in [1.807, 2.05) is 6.20 Å². The normalized spacial score (nSPS) is 19.5. The molecule has 0 amide bonds. The summed E-state index contributed by atoms with van der Waals surface area (Å²) in [6.45, 7) is 7.61. The predicted molar refractivity (Wildman–Crippen MR) is 160 cm³/mol. The molecule has 2 aliphatic carbocycles. The largest absolute Gasteiger partial charge is 0.370 e. The number of hydrogen-bond donors (Lipinski definition) is 1. The van der Waals surface area contributed by atoms with Crippen LogP contribution in [0.1, 0.15) is 57.9 Å². The van der Waals surface area contributed by atoms with Crippen molar-refractivity contribution in [3.63, 3.8) is 0 Å². The second kappa shape index (κ2) is 10.4. The van der Waals surface area contributed by atoms with Crippen LogP contribution in [0.2, 0.25) is 0 Å². The summed E-state index contributed by atoms with van der Waals surface area (Å²) in [7, 11) is 0.840. The highest BCUT2D eigenvalue weighted by molar-refractivity contribution is 7.90. The summed E-state index contributed by atoms with van der Waals surface area (Å²) >= 11 is 0. The topological polar surface area (TPSA) is 109 Å². The van der Waals surface area contributed by atoms with Crippen molar-refractivity contribution in [1.82, 2.24) is 29.0 Å². The van der Waals surface area contributed by atoms with Gasteiger partial charge in [-0.2, -0.15) is 9.19 Å². The lowest BCUT2D eigenvalue weighted by Gasteiger charge is -2.42. The number of rotatable bonds is 8. The van der Waals surface area contributed by atoms with E-state index in [0.29, 0.717) is 41.3 Å². The van der Waals surface area contributed by atoms with Gasteiger partial charge in [-0.3, -0.25) is 0 Å². The van der Waals surface area contributed by atoms with Crippen molar-refractivity contribution in [2.24, 2.45) is 10.8 Å². The van der Waals surface area contributed by atoms with Gasteiger partial charge >= 0.3 is 0 Å². The highest BCUT2D eigenvalue weighted by atomic mass is 32.2. The fraction of sp³-hybridized carbons (Fsp3) is 0.533. The molecule has 0 spiro atoms. The van der Waals surface area contributed by atoms with Crippen molar-refractivity contribution < 1.29 is 8.42 Å². The number of nitrogens with zero attached hydrogens (tertiary/aromatic N) is 7. The summed E-state index contributed by atoms with van der Waals surface area (Å²) < 4.78 is 26.1. The highest BCUT2D eigenvalue weighted by Gasteiger charge is 2.38. The van der Waals surface area contributed by atoms with Crippen LogP contribution in [0.15, 0.2) is 36.9 Å². The Hall–Kier alpha value is -3.49. The molecule has 11 heteroatoms. The molecule has 6 rings (SSSR count). The summed E-state index contributed by atoms with van der Waals surface area (Å²) in [5, 5.41) is 7.05. The number of pyridine rings is 1. The molecule has 0 unspecified atom stereocenters. The average molecular weight is 575 g/mol. The zero-order valence-corrected chi connectivity index (χ0v) is 25.1. The summed E-state index contributed by atoms with van der Waals surface area (Å²) in [6.07, 6.45) is 12.4. The van der Waals surface area contributed by atoms with E-state index in [2.05, 4.69) is 81.0 Å². The van der Waals surface area contributed by atoms with Crippen molar-refractivity contribution in [3.05, 3.63) is 42.5 Å². The molecule has 0 bridgehead atoms. The zero-order valence-electron chi connectivity index (χ0n) is 24.3. The lowest BCUT2D eigenvalue weighted by molar-refractivity contribution is 0.175. The maximum Gasteiger partial charge on any atom is 0.256 e. The van der Waals surface area contributed by atoms with Crippen LogP contribution >= 0.6 is 0 Å². The molecule has 1 saturated heterocycles. The van der Waals surface area contributed by atoms with Gasteiger partial charge in [0.2, 0.25) is 0 Å². The Bertz CT molecular complexity index is 1600. The van der Waals surface area contributed by atoms with Crippen molar-refractivity contribution in [2.45, 2.75) is 57.6 Å². The van der Waals surface area contributed by atoms with Gasteiger partial charge in [-0.05, 0) is 71.0 Å². The van der Waals surface area contributed by atoms with Crippen LogP contribution in [0.3, 0.4) is 0 Å². The van der Waals surface area contributed by atoms with E-state index in [9.17, 15) is 8.42 Å². The van der Waals surface area contributed by atoms with Gasteiger partial charge in [0, 0.05) is 43.5 Å². The monoisotopic (exact) mass is 574 g/mol. The first-order valence-corrected chi connectivity index (χ1v) is 15.8. The van der Waals surface area contributed by atoms with Crippen molar-refractivity contribution in [3.8, 4) is 23.2 Å². The minimum Gasteiger partial charge on any atom is -0.370 e. The van der Waals surface area contributed by atoms with Crippen LogP contribution in [0, 0.1) is 22.7 Å². The van der Waals surface area contributed by atoms with Gasteiger partial charge in [-0.25, -0.2) is 23.4 Å². The van der Waals surface area contributed by atoms with Crippen LogP contribution in [0.5, 0.6) is 0 Å². The van der Waals surface area contributed by atoms with Gasteiger partial charge < -0.3 is 15.1 Å². The Morgan fingerprint density at radius 2 is 1.83 bits per heavy atom. The number of piperidine rings is 1. The van der Waals surface area contributed by atoms with E-state index >= 15 is 0 Å². The molecule has 216 valence electrons. The molecule has 4 heterocycles. The zero-order chi connectivity index (χ0) is 28.8. The molecule has 0 aromatic carbocycles. The van der Waals surface area contributed by atoms with Crippen molar-refractivity contribution >= 4 is 27.3 Å². The molecule has 1 aliphatic heterocycles. The quantitative estimate of drug-likeness (QED) is 0.397. The number of anilines is 3. The third kappa shape index (κ3) is 6.23. The maximum absolute atomic E-state index is 12.5. The summed E-state index contributed by atoms with van der Waals surface area (Å²) in [5.74, 6) is 8.54. The Morgan fingerprint density at radius 3 is 2.51 bits per heavy atom. The molecule has 10 nitrogen and oxygen atoms in total. The van der Waals surface area contributed by atoms with Crippen LogP contribution < -0.4 is 10.2 Å². The molecule has 1 N–H and O–H groups in total. The Labute approximate surface area is 242 Å². The van der Waals surface area contributed by atoms with Crippen LogP contribution in [-0.2, 0) is 10.0 Å². The first-order valence-electron chi connectivity index (χ1n) is 14.3. The number of nitrogens with one attached hydrogen (secondary N) is 1. The van der Waals surface area contributed by atoms with Gasteiger partial charge in [0.15, 0.2) is 5.82 Å². The highest BCUT2D eigenvalue weighted by Crippen LogP contribution is 2.44. The predicted octanol–water partition coefficient (Wildman–Crippen LogP) is 4.14. The van der Waals surface area contributed by atoms with Gasteiger partial charge in [0.25, 0.3) is 10.0 Å². The second-order valence-electron chi connectivity index (χ2n) is 12.7. The van der Waals surface area contributed by atoms with E-state index in [1.54, 1.807) is 12.3 Å². The second-order valence-corrected chi connectivity index (χ2v) is 14.7. The van der Waals surface area contributed by atoms with E-state index in [-0.39, 0.29) is 10.7 Å². The van der Waals surface area contributed by atoms with E-state index in [0.717, 1.165) is 60.7 Å². The Balaban J connectivity index is 1.24. The lowest BCUT2D eigenvalue weighted by atomic mass is 9.80. The molecule has 41 heavy (non-hydrogen) atoms. The first-order chi connectivity index (χ1) is 19.5. The standard InChI is InChI=1S/C30H38N8O2S/c1-29(10-11-29)9-7-22-18-32-27(17-25(22)37-15-12-30(2,13-16-37)21-36(3)4)34-26-8-14-31-28(35-26)23-19-33-38(20-23)41(39,40)24-5-6-24/h8,14,17-20,24H,5-6,10-13,15-16,21H2,1-4H3,(H,31,32,34,35). The Morgan fingerprint density at radius 1 is 1.07 bits per heavy atom. The molecule has 2 saturated carbocycles. The number of aromatic nitrogens is 5. The molecule has 3 aliphatic rings.